The van der Waals surface area contributed by atoms with Gasteiger partial charge in [-0.25, -0.2) is 0 Å². The first-order chi connectivity index (χ1) is 11.5. The number of hydrogen-bond acceptors (Lipinski definition) is 6. The van der Waals surface area contributed by atoms with Crippen LogP contribution >= 0.6 is 0 Å². The van der Waals surface area contributed by atoms with Crippen molar-refractivity contribution in [1.29, 1.82) is 0 Å². The van der Waals surface area contributed by atoms with E-state index in [9.17, 15) is 14.4 Å². The maximum absolute atomic E-state index is 12.3. The number of esters is 3. The molecule has 0 aliphatic heterocycles. The average Bonchev–Trinajstić information content (AvgIpc) is 2.56. The van der Waals surface area contributed by atoms with Gasteiger partial charge in [-0.05, 0) is 26.3 Å². The molecule has 0 saturated carbocycles. The van der Waals surface area contributed by atoms with Crippen LogP contribution in [0.15, 0.2) is 30.3 Å². The molecule has 6 heteroatoms. The van der Waals surface area contributed by atoms with Crippen molar-refractivity contribution in [3.05, 3.63) is 35.9 Å². The Morgan fingerprint density at radius 2 is 1.33 bits per heavy atom. The monoisotopic (exact) mass is 336 g/mol. The summed E-state index contributed by atoms with van der Waals surface area (Å²) >= 11 is 0. The van der Waals surface area contributed by atoms with Gasteiger partial charge in [-0.3, -0.25) is 14.4 Å². The third kappa shape index (κ3) is 5.68. The lowest BCUT2D eigenvalue weighted by atomic mass is 9.83. The summed E-state index contributed by atoms with van der Waals surface area (Å²) in [5.74, 6) is -3.80. The zero-order valence-electron chi connectivity index (χ0n) is 14.3. The normalized spacial score (nSPS) is 11.7. The maximum atomic E-state index is 12.3. The second kappa shape index (κ2) is 10.4. The molecule has 0 aromatic heterocycles. The van der Waals surface area contributed by atoms with E-state index < -0.39 is 29.7 Å². The van der Waals surface area contributed by atoms with E-state index in [4.69, 9.17) is 14.2 Å². The average molecular weight is 336 g/mol. The highest BCUT2D eigenvalue weighted by atomic mass is 16.6. The fraction of sp³-hybridized carbons (Fsp3) is 0.500. The van der Waals surface area contributed by atoms with E-state index in [1.807, 2.05) is 6.07 Å². The molecule has 132 valence electrons. The summed E-state index contributed by atoms with van der Waals surface area (Å²) in [5.41, 5.74) is 0.677. The fourth-order valence-electron chi connectivity index (χ4n) is 2.42. The summed E-state index contributed by atoms with van der Waals surface area (Å²) in [6, 6.07) is 8.89. The van der Waals surface area contributed by atoms with Gasteiger partial charge in [-0.2, -0.15) is 0 Å². The van der Waals surface area contributed by atoms with Crippen LogP contribution in [0.25, 0.3) is 0 Å². The Hall–Kier alpha value is -2.37. The van der Waals surface area contributed by atoms with Crippen molar-refractivity contribution in [2.45, 2.75) is 33.1 Å². The standard InChI is InChI=1S/C18H24O6/c1-4-22-15(19)12-14(13-10-8-7-9-11-13)16(17(20)23-5-2)18(21)24-6-3/h7-11,14,16H,4-6,12H2,1-3H3. The lowest BCUT2D eigenvalue weighted by molar-refractivity contribution is -0.163. The van der Waals surface area contributed by atoms with Gasteiger partial charge in [0.2, 0.25) is 0 Å². The van der Waals surface area contributed by atoms with Gasteiger partial charge >= 0.3 is 17.9 Å². The molecule has 0 fully saturated rings. The molecule has 0 bridgehead atoms. The first-order valence-corrected chi connectivity index (χ1v) is 8.08. The molecule has 0 aliphatic carbocycles. The molecule has 1 atom stereocenters. The van der Waals surface area contributed by atoms with Crippen LogP contribution in [0.4, 0.5) is 0 Å². The first-order valence-electron chi connectivity index (χ1n) is 8.08. The van der Waals surface area contributed by atoms with Crippen LogP contribution in [0.1, 0.15) is 38.7 Å². The molecule has 1 unspecified atom stereocenters. The zero-order valence-corrected chi connectivity index (χ0v) is 14.3. The third-order valence-corrected chi connectivity index (χ3v) is 3.40. The zero-order chi connectivity index (χ0) is 17.9. The molecular formula is C18H24O6. The van der Waals surface area contributed by atoms with Crippen LogP contribution in [0, 0.1) is 5.92 Å². The minimum atomic E-state index is -1.21. The molecule has 0 spiro atoms. The Balaban J connectivity index is 3.20. The number of benzene rings is 1. The van der Waals surface area contributed by atoms with Crippen molar-refractivity contribution < 1.29 is 28.6 Å². The summed E-state index contributed by atoms with van der Waals surface area (Å²) in [6.07, 6.45) is -0.111. The molecule has 6 nitrogen and oxygen atoms in total. The summed E-state index contributed by atoms with van der Waals surface area (Å²) in [6.45, 7) is 5.50. The molecule has 0 N–H and O–H groups in total. The topological polar surface area (TPSA) is 78.9 Å². The smallest absolute Gasteiger partial charge is 0.320 e. The molecular weight excluding hydrogens is 312 g/mol. The molecule has 0 saturated heterocycles. The molecule has 0 amide bonds. The van der Waals surface area contributed by atoms with Gasteiger partial charge in [0, 0.05) is 5.92 Å². The van der Waals surface area contributed by atoms with E-state index >= 15 is 0 Å². The van der Waals surface area contributed by atoms with Crippen molar-refractivity contribution in [2.75, 3.05) is 19.8 Å². The van der Waals surface area contributed by atoms with E-state index in [2.05, 4.69) is 0 Å². The van der Waals surface area contributed by atoms with Crippen molar-refractivity contribution in [3.8, 4) is 0 Å². The number of ether oxygens (including phenoxy) is 3. The highest BCUT2D eigenvalue weighted by Gasteiger charge is 2.39. The largest absolute Gasteiger partial charge is 0.466 e. The first kappa shape index (κ1) is 19.7. The molecule has 1 aromatic carbocycles. The van der Waals surface area contributed by atoms with Crippen LogP contribution < -0.4 is 0 Å². The van der Waals surface area contributed by atoms with Crippen molar-refractivity contribution in [1.82, 2.24) is 0 Å². The molecule has 0 aliphatic rings. The minimum Gasteiger partial charge on any atom is -0.466 e. The van der Waals surface area contributed by atoms with E-state index in [0.29, 0.717) is 5.56 Å². The molecule has 0 heterocycles. The summed E-state index contributed by atoms with van der Waals surface area (Å²) in [7, 11) is 0. The minimum absolute atomic E-state index is 0.111. The molecule has 0 radical (unpaired) electrons. The predicted octanol–water partition coefficient (Wildman–Crippen LogP) is 2.47. The highest BCUT2D eigenvalue weighted by molar-refractivity contribution is 5.96. The van der Waals surface area contributed by atoms with Gasteiger partial charge in [-0.15, -0.1) is 0 Å². The van der Waals surface area contributed by atoms with Gasteiger partial charge in [0.05, 0.1) is 26.2 Å². The summed E-state index contributed by atoms with van der Waals surface area (Å²) in [4.78, 5) is 36.6. The van der Waals surface area contributed by atoms with Gasteiger partial charge in [0.25, 0.3) is 0 Å². The Kier molecular flexibility index (Phi) is 8.54. The maximum Gasteiger partial charge on any atom is 0.320 e. The van der Waals surface area contributed by atoms with Crippen LogP contribution in [0.3, 0.4) is 0 Å². The second-order valence-electron chi connectivity index (χ2n) is 5.01. The lowest BCUT2D eigenvalue weighted by Crippen LogP contribution is -2.34. The van der Waals surface area contributed by atoms with Crippen LogP contribution in [-0.2, 0) is 28.6 Å². The molecule has 1 aromatic rings. The van der Waals surface area contributed by atoms with E-state index in [1.54, 1.807) is 45.0 Å². The summed E-state index contributed by atoms with van der Waals surface area (Å²) in [5, 5.41) is 0. The van der Waals surface area contributed by atoms with Crippen molar-refractivity contribution in [2.24, 2.45) is 5.92 Å². The summed E-state index contributed by atoms with van der Waals surface area (Å²) < 4.78 is 15.0. The third-order valence-electron chi connectivity index (χ3n) is 3.40. The van der Waals surface area contributed by atoms with Gasteiger partial charge in [0.1, 0.15) is 0 Å². The predicted molar refractivity (Wildman–Crippen MR) is 87.2 cm³/mol. The SMILES string of the molecule is CCOC(=O)CC(c1ccccc1)C(C(=O)OCC)C(=O)OCC. The van der Waals surface area contributed by atoms with Crippen molar-refractivity contribution in [3.63, 3.8) is 0 Å². The molecule has 24 heavy (non-hydrogen) atoms. The molecule has 1 rings (SSSR count). The van der Waals surface area contributed by atoms with Gasteiger partial charge < -0.3 is 14.2 Å². The Bertz CT molecular complexity index is 522. The number of carbonyl (C=O) groups is 3. The Morgan fingerprint density at radius 3 is 1.79 bits per heavy atom. The Labute approximate surface area is 142 Å². The second-order valence-corrected chi connectivity index (χ2v) is 5.01. The van der Waals surface area contributed by atoms with Gasteiger partial charge in [0.15, 0.2) is 5.92 Å². The van der Waals surface area contributed by atoms with E-state index in [0.717, 1.165) is 0 Å². The fourth-order valence-corrected chi connectivity index (χ4v) is 2.42. The van der Waals surface area contributed by atoms with Crippen LogP contribution in [0.2, 0.25) is 0 Å². The van der Waals surface area contributed by atoms with Crippen LogP contribution in [-0.4, -0.2) is 37.7 Å². The quantitative estimate of drug-likeness (QED) is 0.391. The highest BCUT2D eigenvalue weighted by Crippen LogP contribution is 2.31. The Morgan fingerprint density at radius 1 is 0.833 bits per heavy atom. The lowest BCUT2D eigenvalue weighted by Gasteiger charge is -2.24. The number of rotatable bonds is 9. The van der Waals surface area contributed by atoms with E-state index in [1.165, 1.54) is 0 Å². The van der Waals surface area contributed by atoms with E-state index in [-0.39, 0.29) is 26.2 Å². The van der Waals surface area contributed by atoms with Gasteiger partial charge in [-0.1, -0.05) is 30.3 Å². The van der Waals surface area contributed by atoms with Crippen LogP contribution in [0.5, 0.6) is 0 Å². The van der Waals surface area contributed by atoms with Crippen molar-refractivity contribution >= 4 is 17.9 Å². The number of hydrogen-bond donors (Lipinski definition) is 0. The number of carbonyl (C=O) groups excluding carboxylic acids is 3.